The number of imide groups is 1. The van der Waals surface area contributed by atoms with Crippen LogP contribution in [-0.4, -0.2) is 41.7 Å². The number of likely N-dealkylation sites (tertiary alicyclic amines) is 1. The van der Waals surface area contributed by atoms with Crippen molar-refractivity contribution in [1.29, 1.82) is 0 Å². The third kappa shape index (κ3) is 4.21. The second kappa shape index (κ2) is 8.71. The standard InChI is InChI=1S/C24H24N2O5/c1-15(17-12-6-8-16-7-2-3-9-18(16)17)25-21(27)14-31-22(28)13-26-23(29)19-10-4-5-11-20(19)24(26)30/h2-9,12,15,19-20H,10-11,13-14H2,1H3,(H,25,27)/t15-,19+,20+/m1/s1. The summed E-state index contributed by atoms with van der Waals surface area (Å²) < 4.78 is 5.03. The maximum absolute atomic E-state index is 12.4. The molecule has 3 atom stereocenters. The van der Waals surface area contributed by atoms with Crippen molar-refractivity contribution in [3.05, 3.63) is 60.2 Å². The van der Waals surface area contributed by atoms with E-state index >= 15 is 0 Å². The van der Waals surface area contributed by atoms with Crippen molar-refractivity contribution in [2.24, 2.45) is 11.8 Å². The third-order valence-electron chi connectivity index (χ3n) is 5.92. The highest BCUT2D eigenvalue weighted by Gasteiger charge is 2.47. The minimum atomic E-state index is -0.777. The highest BCUT2D eigenvalue weighted by Crippen LogP contribution is 2.34. The van der Waals surface area contributed by atoms with Gasteiger partial charge in [-0.2, -0.15) is 0 Å². The van der Waals surface area contributed by atoms with Crippen LogP contribution in [0.4, 0.5) is 0 Å². The van der Waals surface area contributed by atoms with Crippen LogP contribution in [-0.2, 0) is 23.9 Å². The molecule has 0 spiro atoms. The summed E-state index contributed by atoms with van der Waals surface area (Å²) in [6.07, 6.45) is 4.79. The molecular weight excluding hydrogens is 396 g/mol. The van der Waals surface area contributed by atoms with E-state index in [0.717, 1.165) is 21.2 Å². The fourth-order valence-corrected chi connectivity index (χ4v) is 4.33. The molecule has 7 heteroatoms. The van der Waals surface area contributed by atoms with Gasteiger partial charge in [-0.3, -0.25) is 24.1 Å². The predicted molar refractivity (Wildman–Crippen MR) is 114 cm³/mol. The minimum absolute atomic E-state index is 0.283. The van der Waals surface area contributed by atoms with Crippen molar-refractivity contribution in [1.82, 2.24) is 10.2 Å². The van der Waals surface area contributed by atoms with Crippen LogP contribution in [0.2, 0.25) is 0 Å². The Morgan fingerprint density at radius 3 is 2.39 bits per heavy atom. The molecule has 0 saturated carbocycles. The van der Waals surface area contributed by atoms with E-state index in [1.165, 1.54) is 0 Å². The van der Waals surface area contributed by atoms with Crippen LogP contribution in [0.25, 0.3) is 10.8 Å². The van der Waals surface area contributed by atoms with E-state index < -0.39 is 36.9 Å². The molecule has 0 aromatic heterocycles. The summed E-state index contributed by atoms with van der Waals surface area (Å²) in [6.45, 7) is 0.925. The smallest absolute Gasteiger partial charge is 0.326 e. The summed E-state index contributed by atoms with van der Waals surface area (Å²) in [5.74, 6) is -2.70. The first-order chi connectivity index (χ1) is 15.0. The van der Waals surface area contributed by atoms with E-state index in [2.05, 4.69) is 5.32 Å². The van der Waals surface area contributed by atoms with E-state index in [-0.39, 0.29) is 17.9 Å². The molecule has 3 amide bonds. The maximum Gasteiger partial charge on any atom is 0.326 e. The van der Waals surface area contributed by atoms with Gasteiger partial charge in [-0.25, -0.2) is 0 Å². The number of carbonyl (C=O) groups is 4. The van der Waals surface area contributed by atoms with Gasteiger partial charge in [0.1, 0.15) is 6.54 Å². The van der Waals surface area contributed by atoms with Crippen molar-refractivity contribution >= 4 is 34.5 Å². The Bertz CT molecular complexity index is 1050. The quantitative estimate of drug-likeness (QED) is 0.440. The number of ether oxygens (including phenoxy) is 1. The molecule has 1 aliphatic heterocycles. The molecule has 2 aromatic carbocycles. The van der Waals surface area contributed by atoms with Crippen LogP contribution in [0.1, 0.15) is 31.4 Å². The number of esters is 1. The number of hydrogen-bond acceptors (Lipinski definition) is 5. The van der Waals surface area contributed by atoms with Gasteiger partial charge >= 0.3 is 5.97 Å². The second-order valence-corrected chi connectivity index (χ2v) is 7.94. The molecule has 31 heavy (non-hydrogen) atoms. The van der Waals surface area contributed by atoms with Crippen LogP contribution in [0.15, 0.2) is 54.6 Å². The molecule has 1 heterocycles. The van der Waals surface area contributed by atoms with E-state index in [1.54, 1.807) is 0 Å². The van der Waals surface area contributed by atoms with Crippen LogP contribution in [0, 0.1) is 11.8 Å². The minimum Gasteiger partial charge on any atom is -0.454 e. The van der Waals surface area contributed by atoms with Crippen molar-refractivity contribution in [3.8, 4) is 0 Å². The molecule has 1 saturated heterocycles. The summed E-state index contributed by atoms with van der Waals surface area (Å²) in [4.78, 5) is 50.3. The Kier molecular flexibility index (Phi) is 5.84. The SMILES string of the molecule is C[C@@H](NC(=O)COC(=O)CN1C(=O)[C@H]2CC=CC[C@@H]2C1=O)c1cccc2ccccc12. The van der Waals surface area contributed by atoms with Crippen molar-refractivity contribution < 1.29 is 23.9 Å². The van der Waals surface area contributed by atoms with Gasteiger partial charge < -0.3 is 10.1 Å². The molecule has 0 unspecified atom stereocenters. The lowest BCUT2D eigenvalue weighted by Gasteiger charge is -2.17. The largest absolute Gasteiger partial charge is 0.454 e. The monoisotopic (exact) mass is 420 g/mol. The Morgan fingerprint density at radius 2 is 1.68 bits per heavy atom. The van der Waals surface area contributed by atoms with Gasteiger partial charge in [0.05, 0.1) is 17.9 Å². The third-order valence-corrected chi connectivity index (χ3v) is 5.92. The number of fused-ring (bicyclic) bond motifs is 2. The fourth-order valence-electron chi connectivity index (χ4n) is 4.33. The number of nitrogens with zero attached hydrogens (tertiary/aromatic N) is 1. The summed E-state index contributed by atoms with van der Waals surface area (Å²) in [5.41, 5.74) is 0.960. The zero-order chi connectivity index (χ0) is 22.0. The van der Waals surface area contributed by atoms with Gasteiger partial charge in [0.15, 0.2) is 6.61 Å². The molecule has 0 radical (unpaired) electrons. The van der Waals surface area contributed by atoms with Gasteiger partial charge in [-0.15, -0.1) is 0 Å². The highest BCUT2D eigenvalue weighted by atomic mass is 16.5. The lowest BCUT2D eigenvalue weighted by molar-refractivity contribution is -0.155. The van der Waals surface area contributed by atoms with E-state index in [9.17, 15) is 19.2 Å². The lowest BCUT2D eigenvalue weighted by Crippen LogP contribution is -2.38. The molecule has 160 valence electrons. The van der Waals surface area contributed by atoms with Gasteiger partial charge in [0, 0.05) is 0 Å². The molecule has 1 N–H and O–H groups in total. The number of hydrogen-bond donors (Lipinski definition) is 1. The number of nitrogens with one attached hydrogen (secondary N) is 1. The Balaban J connectivity index is 1.30. The normalized spacial score (nSPS) is 21.1. The lowest BCUT2D eigenvalue weighted by atomic mass is 9.85. The Labute approximate surface area is 180 Å². The van der Waals surface area contributed by atoms with Crippen molar-refractivity contribution in [2.75, 3.05) is 13.2 Å². The average molecular weight is 420 g/mol. The second-order valence-electron chi connectivity index (χ2n) is 7.94. The van der Waals surface area contributed by atoms with Gasteiger partial charge in [0.25, 0.3) is 5.91 Å². The molecule has 2 aliphatic rings. The number of benzene rings is 2. The molecule has 1 aliphatic carbocycles. The molecule has 1 fully saturated rings. The topological polar surface area (TPSA) is 92.8 Å². The number of rotatable bonds is 6. The first-order valence-electron chi connectivity index (χ1n) is 10.4. The van der Waals surface area contributed by atoms with Crippen LogP contribution < -0.4 is 5.32 Å². The van der Waals surface area contributed by atoms with Gasteiger partial charge in [-0.05, 0) is 36.1 Å². The molecular formula is C24H24N2O5. The van der Waals surface area contributed by atoms with Crippen LogP contribution in [0.5, 0.6) is 0 Å². The fraction of sp³-hybridized carbons (Fsp3) is 0.333. The maximum atomic E-state index is 12.4. The Hall–Kier alpha value is -3.48. The summed E-state index contributed by atoms with van der Waals surface area (Å²) >= 11 is 0. The number of allylic oxidation sites excluding steroid dienone is 2. The van der Waals surface area contributed by atoms with Crippen molar-refractivity contribution in [3.63, 3.8) is 0 Å². The molecule has 7 nitrogen and oxygen atoms in total. The summed E-state index contributed by atoms with van der Waals surface area (Å²) in [6, 6.07) is 13.5. The summed E-state index contributed by atoms with van der Waals surface area (Å²) in [7, 11) is 0. The zero-order valence-electron chi connectivity index (χ0n) is 17.2. The Morgan fingerprint density at radius 1 is 1.03 bits per heavy atom. The van der Waals surface area contributed by atoms with E-state index in [4.69, 9.17) is 4.74 Å². The van der Waals surface area contributed by atoms with Gasteiger partial charge in [-0.1, -0.05) is 54.6 Å². The summed E-state index contributed by atoms with van der Waals surface area (Å²) in [5, 5.41) is 4.93. The molecule has 4 rings (SSSR count). The zero-order valence-corrected chi connectivity index (χ0v) is 17.2. The van der Waals surface area contributed by atoms with E-state index in [0.29, 0.717) is 12.8 Å². The highest BCUT2D eigenvalue weighted by molar-refractivity contribution is 6.07. The first-order valence-corrected chi connectivity index (χ1v) is 10.4. The van der Waals surface area contributed by atoms with Gasteiger partial charge in [0.2, 0.25) is 11.8 Å². The number of amides is 3. The van der Waals surface area contributed by atoms with Crippen molar-refractivity contribution in [2.45, 2.75) is 25.8 Å². The number of carbonyl (C=O) groups excluding carboxylic acids is 4. The predicted octanol–water partition coefficient (Wildman–Crippen LogP) is 2.51. The van der Waals surface area contributed by atoms with Crippen LogP contribution in [0.3, 0.4) is 0 Å². The molecule has 2 aromatic rings. The first kappa shape index (κ1) is 20.8. The molecule has 0 bridgehead atoms. The van der Waals surface area contributed by atoms with E-state index in [1.807, 2.05) is 61.5 Å². The average Bonchev–Trinajstić information content (AvgIpc) is 3.02. The van der Waals surface area contributed by atoms with Crippen LogP contribution >= 0.6 is 0 Å².